The van der Waals surface area contributed by atoms with E-state index in [1.165, 1.54) is 25.1 Å². The van der Waals surface area contributed by atoms with Crippen LogP contribution in [0, 0.1) is 10.1 Å². The number of rotatable bonds is 6. The fraction of sp³-hybridized carbons (Fsp3) is 0.222. The number of nitrogens with zero attached hydrogens (tertiary/aromatic N) is 1. The van der Waals surface area contributed by atoms with Crippen molar-refractivity contribution in [2.45, 2.75) is 26.0 Å². The lowest BCUT2D eigenvalue weighted by atomic mass is 10.1. The molecule has 1 N–H and O–H groups in total. The molecular formula is C18H18N2O5. The van der Waals surface area contributed by atoms with Crippen LogP contribution >= 0.6 is 0 Å². The summed E-state index contributed by atoms with van der Waals surface area (Å²) < 4.78 is 5.29. The van der Waals surface area contributed by atoms with Crippen molar-refractivity contribution in [1.82, 2.24) is 5.32 Å². The first-order valence-electron chi connectivity index (χ1n) is 7.69. The van der Waals surface area contributed by atoms with Crippen LogP contribution in [0.3, 0.4) is 0 Å². The number of nitro groups is 1. The minimum Gasteiger partial charge on any atom is -0.456 e. The average molecular weight is 342 g/mol. The van der Waals surface area contributed by atoms with Crippen LogP contribution in [0.15, 0.2) is 54.6 Å². The van der Waals surface area contributed by atoms with Gasteiger partial charge >= 0.3 is 5.97 Å². The molecule has 0 aliphatic carbocycles. The maximum Gasteiger partial charge on any atom is 0.328 e. The normalized spacial score (nSPS) is 12.7. The van der Waals surface area contributed by atoms with Gasteiger partial charge in [0.05, 0.1) is 4.92 Å². The quantitative estimate of drug-likeness (QED) is 0.494. The van der Waals surface area contributed by atoms with Crippen molar-refractivity contribution in [2.24, 2.45) is 0 Å². The van der Waals surface area contributed by atoms with Gasteiger partial charge in [0.25, 0.3) is 11.6 Å². The van der Waals surface area contributed by atoms with Crippen molar-refractivity contribution >= 4 is 17.6 Å². The smallest absolute Gasteiger partial charge is 0.328 e. The Hall–Kier alpha value is -3.22. The third-order valence-corrected chi connectivity index (χ3v) is 3.58. The van der Waals surface area contributed by atoms with Gasteiger partial charge in [-0.1, -0.05) is 30.3 Å². The van der Waals surface area contributed by atoms with Gasteiger partial charge in [0.2, 0.25) is 0 Å². The minimum absolute atomic E-state index is 0.0779. The zero-order valence-corrected chi connectivity index (χ0v) is 13.8. The van der Waals surface area contributed by atoms with Gasteiger partial charge < -0.3 is 10.1 Å². The zero-order chi connectivity index (χ0) is 18.4. The molecule has 0 fully saturated rings. The Bertz CT molecular complexity index is 776. The van der Waals surface area contributed by atoms with Crippen molar-refractivity contribution in [2.75, 3.05) is 0 Å². The number of esters is 1. The summed E-state index contributed by atoms with van der Waals surface area (Å²) in [4.78, 5) is 34.5. The molecule has 25 heavy (non-hydrogen) atoms. The SMILES string of the molecule is C[C@H](NC(=O)c1ccccc1)C(=O)O[C@H](C)c1cccc([N+](=O)[O-])c1. The summed E-state index contributed by atoms with van der Waals surface area (Å²) in [5.41, 5.74) is 0.865. The second-order valence-corrected chi connectivity index (χ2v) is 5.49. The maximum absolute atomic E-state index is 12.1. The van der Waals surface area contributed by atoms with Gasteiger partial charge in [0.15, 0.2) is 0 Å². The molecule has 0 aliphatic heterocycles. The number of amides is 1. The number of carbonyl (C=O) groups excluding carboxylic acids is 2. The van der Waals surface area contributed by atoms with E-state index >= 15 is 0 Å². The molecule has 0 aliphatic rings. The zero-order valence-electron chi connectivity index (χ0n) is 13.8. The predicted octanol–water partition coefficient (Wildman–Crippen LogP) is 3.02. The van der Waals surface area contributed by atoms with Crippen molar-refractivity contribution in [3.63, 3.8) is 0 Å². The van der Waals surface area contributed by atoms with Crippen molar-refractivity contribution in [3.05, 3.63) is 75.8 Å². The number of nitro benzene ring substituents is 1. The molecule has 7 heteroatoms. The van der Waals surface area contributed by atoms with Crippen LogP contribution < -0.4 is 5.32 Å². The fourth-order valence-electron chi connectivity index (χ4n) is 2.16. The van der Waals surface area contributed by atoms with Crippen LogP contribution in [-0.2, 0) is 9.53 Å². The molecule has 0 aromatic heterocycles. The molecule has 0 heterocycles. The molecule has 7 nitrogen and oxygen atoms in total. The van der Waals surface area contributed by atoms with Crippen molar-refractivity contribution < 1.29 is 19.2 Å². The second-order valence-electron chi connectivity index (χ2n) is 5.49. The van der Waals surface area contributed by atoms with E-state index in [4.69, 9.17) is 4.74 Å². The van der Waals surface area contributed by atoms with E-state index in [-0.39, 0.29) is 11.6 Å². The third-order valence-electron chi connectivity index (χ3n) is 3.58. The van der Waals surface area contributed by atoms with Crippen LogP contribution in [0.25, 0.3) is 0 Å². The molecule has 0 radical (unpaired) electrons. The topological polar surface area (TPSA) is 98.5 Å². The molecule has 2 aromatic carbocycles. The van der Waals surface area contributed by atoms with Gasteiger partial charge in [0.1, 0.15) is 12.1 Å². The van der Waals surface area contributed by atoms with Gasteiger partial charge in [0, 0.05) is 17.7 Å². The number of carbonyl (C=O) groups is 2. The van der Waals surface area contributed by atoms with E-state index in [9.17, 15) is 19.7 Å². The standard InChI is InChI=1S/C18H18N2O5/c1-12(19-17(21)14-7-4-3-5-8-14)18(22)25-13(2)15-9-6-10-16(11-15)20(23)24/h3-13H,1-2H3,(H,19,21)/t12-,13+/m0/s1. The van der Waals surface area contributed by atoms with E-state index in [1.807, 2.05) is 0 Å². The van der Waals surface area contributed by atoms with Gasteiger partial charge in [-0.3, -0.25) is 14.9 Å². The molecule has 130 valence electrons. The fourth-order valence-corrected chi connectivity index (χ4v) is 2.16. The first-order valence-corrected chi connectivity index (χ1v) is 7.69. The van der Waals surface area contributed by atoms with E-state index in [2.05, 4.69) is 5.32 Å². The molecule has 0 unspecified atom stereocenters. The monoisotopic (exact) mass is 342 g/mol. The first kappa shape index (κ1) is 18.1. The number of benzene rings is 2. The van der Waals surface area contributed by atoms with Gasteiger partial charge in [-0.05, 0) is 31.5 Å². The molecule has 0 bridgehead atoms. The number of ether oxygens (including phenoxy) is 1. The molecule has 2 rings (SSSR count). The van der Waals surface area contributed by atoms with Crippen LogP contribution in [0.1, 0.15) is 35.9 Å². The average Bonchev–Trinajstić information content (AvgIpc) is 2.62. The summed E-state index contributed by atoms with van der Waals surface area (Å²) in [5, 5.41) is 13.4. The Balaban J connectivity index is 1.97. The van der Waals surface area contributed by atoms with Crippen molar-refractivity contribution in [3.8, 4) is 0 Å². The summed E-state index contributed by atoms with van der Waals surface area (Å²) in [6, 6.07) is 13.5. The number of hydrogen-bond acceptors (Lipinski definition) is 5. The van der Waals surface area contributed by atoms with Crippen LogP contribution in [-0.4, -0.2) is 22.8 Å². The maximum atomic E-state index is 12.1. The summed E-state index contributed by atoms with van der Waals surface area (Å²) in [5.74, 6) is -1.00. The Morgan fingerprint density at radius 2 is 1.76 bits per heavy atom. The van der Waals surface area contributed by atoms with Gasteiger partial charge in [-0.15, -0.1) is 0 Å². The molecule has 1 amide bonds. The predicted molar refractivity (Wildman–Crippen MR) is 91.0 cm³/mol. The Labute approximate surface area is 144 Å². The molecule has 0 saturated carbocycles. The van der Waals surface area contributed by atoms with Gasteiger partial charge in [-0.2, -0.15) is 0 Å². The molecule has 2 aromatic rings. The highest BCUT2D eigenvalue weighted by Crippen LogP contribution is 2.22. The minimum atomic E-state index is -0.853. The summed E-state index contributed by atoms with van der Waals surface area (Å²) >= 11 is 0. The van der Waals surface area contributed by atoms with Crippen LogP contribution in [0.4, 0.5) is 5.69 Å². The second kappa shape index (κ2) is 8.05. The lowest BCUT2D eigenvalue weighted by molar-refractivity contribution is -0.385. The number of hydrogen-bond donors (Lipinski definition) is 1. The lowest BCUT2D eigenvalue weighted by Gasteiger charge is -2.18. The Kier molecular flexibility index (Phi) is 5.84. The largest absolute Gasteiger partial charge is 0.456 e. The Morgan fingerprint density at radius 3 is 2.40 bits per heavy atom. The molecule has 0 saturated heterocycles. The highest BCUT2D eigenvalue weighted by atomic mass is 16.6. The van der Waals surface area contributed by atoms with E-state index in [0.29, 0.717) is 11.1 Å². The Morgan fingerprint density at radius 1 is 1.08 bits per heavy atom. The van der Waals surface area contributed by atoms with E-state index in [0.717, 1.165) is 0 Å². The van der Waals surface area contributed by atoms with E-state index in [1.54, 1.807) is 43.3 Å². The summed E-state index contributed by atoms with van der Waals surface area (Å²) in [6.07, 6.45) is -0.677. The lowest BCUT2D eigenvalue weighted by Crippen LogP contribution is -2.39. The van der Waals surface area contributed by atoms with Crippen LogP contribution in [0.2, 0.25) is 0 Å². The van der Waals surface area contributed by atoms with Crippen LogP contribution in [0.5, 0.6) is 0 Å². The molecular weight excluding hydrogens is 324 g/mol. The number of non-ortho nitro benzene ring substituents is 1. The highest BCUT2D eigenvalue weighted by molar-refractivity contribution is 5.96. The first-order chi connectivity index (χ1) is 11.9. The van der Waals surface area contributed by atoms with Crippen molar-refractivity contribution in [1.29, 1.82) is 0 Å². The highest BCUT2D eigenvalue weighted by Gasteiger charge is 2.21. The van der Waals surface area contributed by atoms with E-state index < -0.39 is 23.0 Å². The number of nitrogens with one attached hydrogen (secondary N) is 1. The third kappa shape index (κ3) is 4.87. The molecule has 0 spiro atoms. The summed E-state index contributed by atoms with van der Waals surface area (Å²) in [7, 11) is 0. The van der Waals surface area contributed by atoms with Gasteiger partial charge in [-0.25, -0.2) is 4.79 Å². The summed E-state index contributed by atoms with van der Waals surface area (Å²) in [6.45, 7) is 3.13. The molecule has 2 atom stereocenters.